The van der Waals surface area contributed by atoms with Crippen LogP contribution in [0.2, 0.25) is 0 Å². The van der Waals surface area contributed by atoms with Crippen LogP contribution in [0.3, 0.4) is 0 Å². The summed E-state index contributed by atoms with van der Waals surface area (Å²) < 4.78 is 5.03. The number of hydrogen-bond donors (Lipinski definition) is 2. The van der Waals surface area contributed by atoms with Crippen molar-refractivity contribution in [2.45, 2.75) is 45.6 Å². The molecule has 0 fully saturated rings. The van der Waals surface area contributed by atoms with Gasteiger partial charge in [-0.1, -0.05) is 39.2 Å². The van der Waals surface area contributed by atoms with Crippen LogP contribution in [0.25, 0.3) is 11.1 Å². The average Bonchev–Trinajstić information content (AvgIpc) is 2.78. The fourth-order valence-corrected chi connectivity index (χ4v) is 2.47. The van der Waals surface area contributed by atoms with Crippen LogP contribution in [0.4, 0.5) is 0 Å². The zero-order chi connectivity index (χ0) is 13.8. The predicted molar refractivity (Wildman–Crippen MR) is 75.1 cm³/mol. The number of H-pyrrole nitrogens is 1. The fraction of sp³-hybridized carbons (Fsp3) is 0.533. The molecule has 1 heterocycles. The first-order valence-electron chi connectivity index (χ1n) is 6.96. The van der Waals surface area contributed by atoms with Gasteiger partial charge in [0.1, 0.15) is 0 Å². The van der Waals surface area contributed by atoms with Crippen molar-refractivity contribution < 1.29 is 9.52 Å². The number of nitrogens with one attached hydrogen (secondary N) is 1. The highest BCUT2D eigenvalue weighted by Gasteiger charge is 2.19. The number of oxazole rings is 1. The van der Waals surface area contributed by atoms with E-state index in [-0.39, 0.29) is 5.92 Å². The largest absolute Gasteiger partial charge is 0.417 e. The van der Waals surface area contributed by atoms with Crippen LogP contribution < -0.4 is 5.76 Å². The molecular weight excluding hydrogens is 242 g/mol. The molecule has 0 aliphatic heterocycles. The molecule has 0 saturated heterocycles. The van der Waals surface area contributed by atoms with E-state index in [1.54, 1.807) is 12.1 Å². The van der Waals surface area contributed by atoms with Crippen molar-refractivity contribution in [1.82, 2.24) is 4.98 Å². The number of unbranched alkanes of at least 4 members (excludes halogenated alkanes) is 1. The topological polar surface area (TPSA) is 66.2 Å². The maximum absolute atomic E-state index is 11.1. The molecule has 2 rings (SSSR count). The summed E-state index contributed by atoms with van der Waals surface area (Å²) in [7, 11) is 0. The Morgan fingerprint density at radius 1 is 1.37 bits per heavy atom. The van der Waals surface area contributed by atoms with Gasteiger partial charge in [0.2, 0.25) is 0 Å². The molecule has 19 heavy (non-hydrogen) atoms. The van der Waals surface area contributed by atoms with Crippen molar-refractivity contribution in [3.8, 4) is 0 Å². The van der Waals surface area contributed by atoms with Crippen LogP contribution in [-0.4, -0.2) is 10.1 Å². The van der Waals surface area contributed by atoms with Gasteiger partial charge in [-0.3, -0.25) is 4.98 Å². The summed E-state index contributed by atoms with van der Waals surface area (Å²) in [6.45, 7) is 4.25. The van der Waals surface area contributed by atoms with Crippen LogP contribution in [0, 0.1) is 5.92 Å². The highest BCUT2D eigenvalue weighted by Crippen LogP contribution is 2.30. The highest BCUT2D eigenvalue weighted by atomic mass is 16.4. The second kappa shape index (κ2) is 6.06. The average molecular weight is 263 g/mol. The van der Waals surface area contributed by atoms with E-state index in [4.69, 9.17) is 4.42 Å². The number of fused-ring (bicyclic) bond motifs is 1. The van der Waals surface area contributed by atoms with Gasteiger partial charge in [0, 0.05) is 0 Å². The Balaban J connectivity index is 2.23. The van der Waals surface area contributed by atoms with E-state index in [2.05, 4.69) is 18.8 Å². The SMILES string of the molecule is CCCCC(CC)C(O)c1ccc2[nH]c(=O)oc2c1. The van der Waals surface area contributed by atoms with Crippen molar-refractivity contribution >= 4 is 11.1 Å². The summed E-state index contributed by atoms with van der Waals surface area (Å²) in [5, 5.41) is 10.4. The molecule has 2 aromatic rings. The van der Waals surface area contributed by atoms with Crippen molar-refractivity contribution in [3.63, 3.8) is 0 Å². The Hall–Kier alpha value is -1.55. The van der Waals surface area contributed by atoms with Gasteiger partial charge in [-0.05, 0) is 30.0 Å². The lowest BCUT2D eigenvalue weighted by Gasteiger charge is -2.21. The standard InChI is InChI=1S/C15H21NO3/c1-3-5-6-10(4-2)14(17)11-7-8-12-13(9-11)19-15(18)16-12/h7-10,14,17H,3-6H2,1-2H3,(H,16,18). The van der Waals surface area contributed by atoms with E-state index in [0.29, 0.717) is 11.1 Å². The first-order chi connectivity index (χ1) is 9.15. The Kier molecular flexibility index (Phi) is 4.43. The molecule has 0 radical (unpaired) electrons. The lowest BCUT2D eigenvalue weighted by atomic mass is 9.89. The maximum atomic E-state index is 11.1. The molecule has 2 N–H and O–H groups in total. The molecule has 2 unspecified atom stereocenters. The van der Waals surface area contributed by atoms with Crippen molar-refractivity contribution in [2.75, 3.05) is 0 Å². The number of aliphatic hydroxyl groups excluding tert-OH is 1. The quantitative estimate of drug-likeness (QED) is 0.839. The fourth-order valence-electron chi connectivity index (χ4n) is 2.47. The van der Waals surface area contributed by atoms with Gasteiger partial charge in [0.15, 0.2) is 5.58 Å². The Bertz CT molecular complexity index is 584. The third-order valence-electron chi connectivity index (χ3n) is 3.69. The van der Waals surface area contributed by atoms with Gasteiger partial charge in [0.25, 0.3) is 0 Å². The number of benzene rings is 1. The minimum atomic E-state index is -0.499. The number of hydrogen-bond acceptors (Lipinski definition) is 3. The van der Waals surface area contributed by atoms with Gasteiger partial charge < -0.3 is 9.52 Å². The number of aromatic nitrogens is 1. The molecular formula is C15H21NO3. The lowest BCUT2D eigenvalue weighted by Crippen LogP contribution is -2.11. The highest BCUT2D eigenvalue weighted by molar-refractivity contribution is 5.72. The molecule has 0 aliphatic rings. The van der Waals surface area contributed by atoms with Gasteiger partial charge in [-0.2, -0.15) is 0 Å². The smallest absolute Gasteiger partial charge is 0.408 e. The molecule has 1 aromatic carbocycles. The van der Waals surface area contributed by atoms with Crippen LogP contribution in [0.15, 0.2) is 27.4 Å². The Morgan fingerprint density at radius 2 is 2.16 bits per heavy atom. The summed E-state index contributed by atoms with van der Waals surface area (Å²) >= 11 is 0. The molecule has 104 valence electrons. The van der Waals surface area contributed by atoms with Crippen LogP contribution >= 0.6 is 0 Å². The normalized spacial score (nSPS) is 14.7. The van der Waals surface area contributed by atoms with E-state index in [1.165, 1.54) is 0 Å². The van der Waals surface area contributed by atoms with E-state index in [9.17, 15) is 9.90 Å². The number of aliphatic hydroxyl groups is 1. The first kappa shape index (κ1) is 13.9. The second-order valence-electron chi connectivity index (χ2n) is 5.03. The predicted octanol–water partition coefficient (Wildman–Crippen LogP) is 3.37. The zero-order valence-electron chi connectivity index (χ0n) is 11.5. The molecule has 0 bridgehead atoms. The minimum absolute atomic E-state index is 0.253. The summed E-state index contributed by atoms with van der Waals surface area (Å²) in [5.41, 5.74) is 1.99. The molecule has 0 saturated carbocycles. The summed E-state index contributed by atoms with van der Waals surface area (Å²) in [6, 6.07) is 5.39. The molecule has 0 spiro atoms. The van der Waals surface area contributed by atoms with Crippen LogP contribution in [0.1, 0.15) is 51.2 Å². The van der Waals surface area contributed by atoms with Gasteiger partial charge in [-0.25, -0.2) is 4.79 Å². The molecule has 0 amide bonds. The third kappa shape index (κ3) is 3.07. The van der Waals surface area contributed by atoms with Crippen LogP contribution in [0.5, 0.6) is 0 Å². The summed E-state index contributed by atoms with van der Waals surface area (Å²) in [6.07, 6.45) is 3.71. The van der Waals surface area contributed by atoms with E-state index in [1.807, 2.05) is 6.07 Å². The van der Waals surface area contributed by atoms with E-state index < -0.39 is 11.9 Å². The van der Waals surface area contributed by atoms with Crippen molar-refractivity contribution in [2.24, 2.45) is 5.92 Å². The van der Waals surface area contributed by atoms with E-state index in [0.717, 1.165) is 31.2 Å². The van der Waals surface area contributed by atoms with E-state index >= 15 is 0 Å². The minimum Gasteiger partial charge on any atom is -0.408 e. The zero-order valence-corrected chi connectivity index (χ0v) is 11.5. The molecule has 1 aromatic heterocycles. The lowest BCUT2D eigenvalue weighted by molar-refractivity contribution is 0.0990. The van der Waals surface area contributed by atoms with Crippen molar-refractivity contribution in [3.05, 3.63) is 34.3 Å². The summed E-state index contributed by atoms with van der Waals surface area (Å²) in [4.78, 5) is 13.7. The third-order valence-corrected chi connectivity index (χ3v) is 3.69. The Labute approximate surface area is 112 Å². The molecule has 2 atom stereocenters. The monoisotopic (exact) mass is 263 g/mol. The Morgan fingerprint density at radius 3 is 2.84 bits per heavy atom. The van der Waals surface area contributed by atoms with Crippen LogP contribution in [-0.2, 0) is 0 Å². The molecule has 4 heteroatoms. The van der Waals surface area contributed by atoms with Gasteiger partial charge >= 0.3 is 5.76 Å². The first-order valence-corrected chi connectivity index (χ1v) is 6.96. The van der Waals surface area contributed by atoms with Gasteiger partial charge in [-0.15, -0.1) is 0 Å². The second-order valence-corrected chi connectivity index (χ2v) is 5.03. The number of rotatable bonds is 6. The number of aromatic amines is 1. The van der Waals surface area contributed by atoms with Gasteiger partial charge in [0.05, 0.1) is 11.6 Å². The molecule has 4 nitrogen and oxygen atoms in total. The summed E-state index contributed by atoms with van der Waals surface area (Å²) in [5.74, 6) is -0.206. The molecule has 0 aliphatic carbocycles. The van der Waals surface area contributed by atoms with Crippen molar-refractivity contribution in [1.29, 1.82) is 0 Å². The maximum Gasteiger partial charge on any atom is 0.417 e.